The third-order valence-electron chi connectivity index (χ3n) is 1.99. The van der Waals surface area contributed by atoms with Crippen molar-refractivity contribution < 1.29 is 0 Å². The van der Waals surface area contributed by atoms with E-state index >= 15 is 0 Å². The van der Waals surface area contributed by atoms with Crippen LogP contribution in [0.4, 0.5) is 0 Å². The Balaban J connectivity index is 4.33. The molecule has 0 saturated heterocycles. The third kappa shape index (κ3) is 9.00. The molecule has 0 amide bonds. The Kier molecular flexibility index (Phi) is 8.21. The predicted octanol–water partition coefficient (Wildman–Crippen LogP) is 4.50. The van der Waals surface area contributed by atoms with Gasteiger partial charge in [-0.05, 0) is 25.0 Å². The highest BCUT2D eigenvalue weighted by Crippen LogP contribution is 2.00. The monoisotopic (exact) mass is 229 g/mol. The summed E-state index contributed by atoms with van der Waals surface area (Å²) < 4.78 is 0. The van der Waals surface area contributed by atoms with Crippen LogP contribution in [0.2, 0.25) is 0 Å². The lowest BCUT2D eigenvalue weighted by atomic mass is 10.2. The van der Waals surface area contributed by atoms with Crippen molar-refractivity contribution in [3.8, 4) is 0 Å². The van der Waals surface area contributed by atoms with Crippen LogP contribution in [0.1, 0.15) is 13.8 Å². The number of allylic oxidation sites excluding steroid dienone is 9. The average Bonchev–Trinajstić information content (AvgIpc) is 2.29. The molecule has 0 aromatic carbocycles. The van der Waals surface area contributed by atoms with Gasteiger partial charge in [0.05, 0.1) is 0 Å². The minimum Gasteiger partial charge on any atom is -0.150 e. The van der Waals surface area contributed by atoms with Crippen molar-refractivity contribution >= 4 is 0 Å². The minimum atomic E-state index is 0.242. The molecule has 0 aromatic heterocycles. The van der Waals surface area contributed by atoms with E-state index in [1.165, 1.54) is 0 Å². The summed E-state index contributed by atoms with van der Waals surface area (Å²) in [4.78, 5) is 9.99. The maximum atomic E-state index is 9.99. The quantitative estimate of drug-likeness (QED) is 0.467. The van der Waals surface area contributed by atoms with Gasteiger partial charge >= 0.3 is 0 Å². The molecule has 0 unspecified atom stereocenters. The van der Waals surface area contributed by atoms with E-state index in [4.69, 9.17) is 0 Å². The van der Waals surface area contributed by atoms with E-state index in [-0.39, 0.29) is 6.54 Å². The van der Waals surface area contributed by atoms with Gasteiger partial charge in [0, 0.05) is 0 Å². The third-order valence-corrected chi connectivity index (χ3v) is 1.99. The van der Waals surface area contributed by atoms with Crippen LogP contribution in [0.3, 0.4) is 0 Å². The maximum absolute atomic E-state index is 9.99. The largest absolute Gasteiger partial charge is 0.150 e. The Morgan fingerprint density at radius 3 is 2.41 bits per heavy atom. The van der Waals surface area contributed by atoms with Crippen LogP contribution in [0.5, 0.6) is 0 Å². The van der Waals surface area contributed by atoms with Crippen molar-refractivity contribution in [2.75, 3.05) is 6.54 Å². The summed E-state index contributed by atoms with van der Waals surface area (Å²) in [5.74, 6) is 0. The zero-order valence-electron chi connectivity index (χ0n) is 10.5. The van der Waals surface area contributed by atoms with Gasteiger partial charge in [0.15, 0.2) is 0 Å². The van der Waals surface area contributed by atoms with E-state index in [0.29, 0.717) is 0 Å². The SMILES string of the molecule is C=CC(=C)/C=C/C=C(C)C=CC=C(C)CN=O. The Hall–Kier alpha value is -1.96. The van der Waals surface area contributed by atoms with Gasteiger partial charge in [0.2, 0.25) is 0 Å². The molecule has 2 heteroatoms. The molecular formula is C15H19NO. The van der Waals surface area contributed by atoms with E-state index in [1.54, 1.807) is 6.08 Å². The number of rotatable bonds is 7. The highest BCUT2D eigenvalue weighted by Gasteiger charge is 1.84. The first kappa shape index (κ1) is 15.0. The number of hydrogen-bond acceptors (Lipinski definition) is 2. The van der Waals surface area contributed by atoms with Crippen LogP contribution >= 0.6 is 0 Å². The Morgan fingerprint density at radius 2 is 1.82 bits per heavy atom. The fourth-order valence-electron chi connectivity index (χ4n) is 0.966. The molecule has 0 aromatic rings. The number of nitroso groups, excluding NO2 is 1. The second kappa shape index (κ2) is 9.28. The molecule has 0 aliphatic carbocycles. The van der Waals surface area contributed by atoms with Gasteiger partial charge in [-0.15, -0.1) is 0 Å². The molecule has 0 atom stereocenters. The Bertz CT molecular complexity index is 395. The van der Waals surface area contributed by atoms with Crippen molar-refractivity contribution in [3.05, 3.63) is 77.3 Å². The van der Waals surface area contributed by atoms with Crippen LogP contribution < -0.4 is 0 Å². The van der Waals surface area contributed by atoms with Crippen molar-refractivity contribution in [3.63, 3.8) is 0 Å². The smallest absolute Gasteiger partial charge is 0.102 e. The van der Waals surface area contributed by atoms with Gasteiger partial charge in [0.1, 0.15) is 6.54 Å². The van der Waals surface area contributed by atoms with Crippen LogP contribution in [0, 0.1) is 4.91 Å². The molecule has 0 heterocycles. The predicted molar refractivity (Wildman–Crippen MR) is 75.8 cm³/mol. The standard InChI is InChI=1S/C15H19NO/c1-5-13(2)8-6-9-14(3)10-7-11-15(4)12-16-17/h5-11H,1-2,12H2,3-4H3/b8-6+,10-7?,14-9?,15-11?. The lowest BCUT2D eigenvalue weighted by Gasteiger charge is -1.90. The highest BCUT2D eigenvalue weighted by molar-refractivity contribution is 5.31. The first-order valence-corrected chi connectivity index (χ1v) is 5.39. The fourth-order valence-corrected chi connectivity index (χ4v) is 0.966. The molecular weight excluding hydrogens is 210 g/mol. The molecule has 0 fully saturated rings. The maximum Gasteiger partial charge on any atom is 0.102 e. The highest BCUT2D eigenvalue weighted by atomic mass is 16.3. The first-order valence-electron chi connectivity index (χ1n) is 5.39. The molecule has 0 rings (SSSR count). The second-order valence-corrected chi connectivity index (χ2v) is 3.71. The first-order chi connectivity index (χ1) is 8.10. The van der Waals surface area contributed by atoms with Gasteiger partial charge in [-0.3, -0.25) is 0 Å². The molecule has 0 spiro atoms. The topological polar surface area (TPSA) is 29.4 Å². The van der Waals surface area contributed by atoms with Gasteiger partial charge in [-0.25, -0.2) is 0 Å². The Morgan fingerprint density at radius 1 is 1.18 bits per heavy atom. The van der Waals surface area contributed by atoms with Gasteiger partial charge < -0.3 is 0 Å². The van der Waals surface area contributed by atoms with E-state index in [0.717, 1.165) is 16.7 Å². The molecule has 0 bridgehead atoms. The lowest BCUT2D eigenvalue weighted by Crippen LogP contribution is -1.78. The van der Waals surface area contributed by atoms with Crippen LogP contribution in [0.15, 0.2) is 77.6 Å². The van der Waals surface area contributed by atoms with Crippen molar-refractivity contribution in [2.24, 2.45) is 5.18 Å². The summed E-state index contributed by atoms with van der Waals surface area (Å²) in [6.07, 6.45) is 13.2. The van der Waals surface area contributed by atoms with Gasteiger partial charge in [-0.1, -0.05) is 66.4 Å². The molecule has 2 nitrogen and oxygen atoms in total. The van der Waals surface area contributed by atoms with Crippen LogP contribution in [0.25, 0.3) is 0 Å². The zero-order chi connectivity index (χ0) is 13.1. The minimum absolute atomic E-state index is 0.242. The van der Waals surface area contributed by atoms with Gasteiger partial charge in [-0.2, -0.15) is 4.91 Å². The normalized spacial score (nSPS) is 13.3. The molecule has 0 radical (unpaired) electrons. The summed E-state index contributed by atoms with van der Waals surface area (Å²) in [6.45, 7) is 11.5. The van der Waals surface area contributed by atoms with Crippen molar-refractivity contribution in [1.82, 2.24) is 0 Å². The van der Waals surface area contributed by atoms with Crippen molar-refractivity contribution in [2.45, 2.75) is 13.8 Å². The summed E-state index contributed by atoms with van der Waals surface area (Å²) in [7, 11) is 0. The van der Waals surface area contributed by atoms with E-state index in [1.807, 2.05) is 50.3 Å². The van der Waals surface area contributed by atoms with Crippen molar-refractivity contribution in [1.29, 1.82) is 0 Å². The average molecular weight is 229 g/mol. The van der Waals surface area contributed by atoms with E-state index < -0.39 is 0 Å². The summed E-state index contributed by atoms with van der Waals surface area (Å²) in [5.41, 5.74) is 2.94. The molecule has 90 valence electrons. The van der Waals surface area contributed by atoms with Crippen LogP contribution in [-0.2, 0) is 0 Å². The number of nitrogens with zero attached hydrogens (tertiary/aromatic N) is 1. The van der Waals surface area contributed by atoms with Crippen LogP contribution in [-0.4, -0.2) is 6.54 Å². The molecule has 0 saturated carbocycles. The second-order valence-electron chi connectivity index (χ2n) is 3.71. The van der Waals surface area contributed by atoms with E-state index in [2.05, 4.69) is 18.3 Å². The molecule has 0 aliphatic heterocycles. The molecule has 0 aliphatic rings. The Labute approximate surface area is 103 Å². The molecule has 0 N–H and O–H groups in total. The lowest BCUT2D eigenvalue weighted by molar-refractivity contribution is 1.12. The van der Waals surface area contributed by atoms with E-state index in [9.17, 15) is 4.91 Å². The summed E-state index contributed by atoms with van der Waals surface area (Å²) in [6, 6.07) is 0. The number of hydrogen-bond donors (Lipinski definition) is 0. The van der Waals surface area contributed by atoms with Gasteiger partial charge in [0.25, 0.3) is 0 Å². The zero-order valence-corrected chi connectivity index (χ0v) is 10.5. The summed E-state index contributed by atoms with van der Waals surface area (Å²) in [5, 5.41) is 2.81. The fraction of sp³-hybridized carbons (Fsp3) is 0.200. The summed E-state index contributed by atoms with van der Waals surface area (Å²) >= 11 is 0. The molecule has 17 heavy (non-hydrogen) atoms.